The lowest BCUT2D eigenvalue weighted by atomic mass is 9.84. The summed E-state index contributed by atoms with van der Waals surface area (Å²) in [6, 6.07) is 15.6. The summed E-state index contributed by atoms with van der Waals surface area (Å²) in [5.74, 6) is 0.525. The van der Waals surface area contributed by atoms with E-state index in [1.807, 2.05) is 17.0 Å². The van der Waals surface area contributed by atoms with Crippen LogP contribution >= 0.6 is 0 Å². The maximum Gasteiger partial charge on any atom is 0.247 e. The number of hydrogen-bond donors (Lipinski definition) is 1. The first kappa shape index (κ1) is 17.1. The molecule has 2 heterocycles. The Bertz CT molecular complexity index is 802. The van der Waals surface area contributed by atoms with Crippen molar-refractivity contribution < 1.29 is 9.90 Å². The average Bonchev–Trinajstić information content (AvgIpc) is 3.02. The van der Waals surface area contributed by atoms with Crippen LogP contribution in [0.2, 0.25) is 0 Å². The fourth-order valence-electron chi connectivity index (χ4n) is 4.53. The highest BCUT2D eigenvalue weighted by molar-refractivity contribution is 6.01. The van der Waals surface area contributed by atoms with E-state index in [1.165, 1.54) is 5.56 Å². The van der Waals surface area contributed by atoms with Gasteiger partial charge in [-0.2, -0.15) is 0 Å². The number of piperidine rings is 1. The number of aryl methyl sites for hydroxylation is 1. The number of carbonyl (C=O) groups is 1. The highest BCUT2D eigenvalue weighted by Gasteiger charge is 2.50. The van der Waals surface area contributed by atoms with Gasteiger partial charge in [0.1, 0.15) is 11.3 Å². The predicted molar refractivity (Wildman–Crippen MR) is 103 cm³/mol. The quantitative estimate of drug-likeness (QED) is 0.914. The molecule has 26 heavy (non-hydrogen) atoms. The third-order valence-electron chi connectivity index (χ3n) is 5.87. The Morgan fingerprint density at radius 1 is 1.04 bits per heavy atom. The third-order valence-corrected chi connectivity index (χ3v) is 5.87. The van der Waals surface area contributed by atoms with Gasteiger partial charge >= 0.3 is 0 Å². The lowest BCUT2D eigenvalue weighted by molar-refractivity contribution is -0.131. The Kier molecular flexibility index (Phi) is 4.45. The molecule has 2 aromatic carbocycles. The average molecular weight is 350 g/mol. The predicted octanol–water partition coefficient (Wildman–Crippen LogP) is 3.86. The third kappa shape index (κ3) is 2.99. The van der Waals surface area contributed by atoms with Gasteiger partial charge in [0.15, 0.2) is 0 Å². The largest absolute Gasteiger partial charge is 0.508 e. The summed E-state index contributed by atoms with van der Waals surface area (Å²) in [5, 5.41) is 9.76. The van der Waals surface area contributed by atoms with Crippen LogP contribution in [-0.2, 0) is 11.3 Å². The molecule has 0 aliphatic carbocycles. The normalized spacial score (nSPS) is 23.7. The second kappa shape index (κ2) is 6.76. The van der Waals surface area contributed by atoms with Crippen molar-refractivity contribution in [2.45, 2.75) is 44.7 Å². The summed E-state index contributed by atoms with van der Waals surface area (Å²) >= 11 is 0. The fraction of sp³-hybridized carbons (Fsp3) is 0.409. The van der Waals surface area contributed by atoms with Gasteiger partial charge in [-0.1, -0.05) is 29.8 Å². The highest BCUT2D eigenvalue weighted by atomic mass is 16.3. The van der Waals surface area contributed by atoms with E-state index in [0.29, 0.717) is 6.54 Å². The number of likely N-dealkylation sites (tertiary alicyclic amines) is 1. The van der Waals surface area contributed by atoms with Gasteiger partial charge in [0, 0.05) is 18.8 Å². The van der Waals surface area contributed by atoms with E-state index < -0.39 is 5.54 Å². The zero-order chi connectivity index (χ0) is 18.1. The van der Waals surface area contributed by atoms with Crippen molar-refractivity contribution in [1.29, 1.82) is 0 Å². The second-order valence-corrected chi connectivity index (χ2v) is 7.62. The molecule has 2 fully saturated rings. The van der Waals surface area contributed by atoms with Gasteiger partial charge in [0.05, 0.1) is 0 Å². The van der Waals surface area contributed by atoms with Crippen molar-refractivity contribution in [1.82, 2.24) is 4.90 Å². The first-order valence-corrected chi connectivity index (χ1v) is 9.50. The number of rotatable bonds is 3. The van der Waals surface area contributed by atoms with Gasteiger partial charge in [-0.15, -0.1) is 0 Å². The number of anilines is 1. The molecule has 4 nitrogen and oxygen atoms in total. The lowest BCUT2D eigenvalue weighted by Crippen LogP contribution is -2.59. The van der Waals surface area contributed by atoms with Crippen molar-refractivity contribution in [2.24, 2.45) is 0 Å². The molecule has 2 aromatic rings. The highest BCUT2D eigenvalue weighted by Crippen LogP contribution is 2.40. The summed E-state index contributed by atoms with van der Waals surface area (Å²) in [6.45, 7) is 4.51. The molecule has 0 saturated carbocycles. The summed E-state index contributed by atoms with van der Waals surface area (Å²) in [4.78, 5) is 17.9. The maximum atomic E-state index is 13.5. The molecule has 1 spiro atoms. The Labute approximate surface area is 155 Å². The van der Waals surface area contributed by atoms with Gasteiger partial charge in [0.2, 0.25) is 5.91 Å². The SMILES string of the molecule is Cc1ccc(N2CCCC3(CCCN3Cc3cccc(O)c3)C2=O)cc1. The number of nitrogens with zero attached hydrogens (tertiary/aromatic N) is 2. The molecule has 136 valence electrons. The Morgan fingerprint density at radius 2 is 1.77 bits per heavy atom. The van der Waals surface area contributed by atoms with Gasteiger partial charge in [-0.3, -0.25) is 9.69 Å². The van der Waals surface area contributed by atoms with Crippen molar-refractivity contribution in [2.75, 3.05) is 18.0 Å². The van der Waals surface area contributed by atoms with Gasteiger partial charge in [0.25, 0.3) is 0 Å². The molecule has 1 unspecified atom stereocenters. The number of aromatic hydroxyl groups is 1. The summed E-state index contributed by atoms with van der Waals surface area (Å²) in [7, 11) is 0. The smallest absolute Gasteiger partial charge is 0.247 e. The van der Waals surface area contributed by atoms with Crippen LogP contribution in [0.15, 0.2) is 48.5 Å². The molecule has 1 atom stereocenters. The molecule has 2 aliphatic heterocycles. The molecule has 2 aliphatic rings. The Hall–Kier alpha value is -2.33. The van der Waals surface area contributed by atoms with E-state index in [0.717, 1.165) is 50.0 Å². The first-order valence-electron chi connectivity index (χ1n) is 9.50. The standard InChI is InChI=1S/C22H26N2O2/c1-17-7-9-19(10-8-17)24-14-4-12-22(21(24)26)11-3-13-23(22)16-18-5-2-6-20(25)15-18/h2,5-10,15,25H,3-4,11-14,16H2,1H3. The molecule has 0 bridgehead atoms. The lowest BCUT2D eigenvalue weighted by Gasteiger charge is -2.44. The van der Waals surface area contributed by atoms with Gasteiger partial charge in [-0.25, -0.2) is 0 Å². The number of phenolic OH excluding ortho intramolecular Hbond substituents is 1. The molecule has 0 radical (unpaired) electrons. The van der Waals surface area contributed by atoms with Crippen LogP contribution in [0.4, 0.5) is 5.69 Å². The van der Waals surface area contributed by atoms with Crippen molar-refractivity contribution >= 4 is 11.6 Å². The first-order chi connectivity index (χ1) is 12.6. The van der Waals surface area contributed by atoms with Crippen molar-refractivity contribution in [3.63, 3.8) is 0 Å². The zero-order valence-corrected chi connectivity index (χ0v) is 15.3. The number of amides is 1. The molecule has 1 N–H and O–H groups in total. The van der Waals surface area contributed by atoms with Crippen LogP contribution in [0, 0.1) is 6.92 Å². The number of carbonyl (C=O) groups excluding carboxylic acids is 1. The van der Waals surface area contributed by atoms with E-state index in [-0.39, 0.29) is 11.7 Å². The van der Waals surface area contributed by atoms with Crippen molar-refractivity contribution in [3.05, 3.63) is 59.7 Å². The van der Waals surface area contributed by atoms with E-state index >= 15 is 0 Å². The van der Waals surface area contributed by atoms with Gasteiger partial charge in [-0.05, 0) is 69.0 Å². The molecule has 4 rings (SSSR count). The summed E-state index contributed by atoms with van der Waals surface area (Å²) in [5.41, 5.74) is 2.88. The van der Waals surface area contributed by atoms with Crippen molar-refractivity contribution in [3.8, 4) is 5.75 Å². The van der Waals surface area contributed by atoms with Crippen LogP contribution in [0.1, 0.15) is 36.8 Å². The van der Waals surface area contributed by atoms with Gasteiger partial charge < -0.3 is 10.0 Å². The fourth-order valence-corrected chi connectivity index (χ4v) is 4.53. The topological polar surface area (TPSA) is 43.8 Å². The molecular formula is C22H26N2O2. The zero-order valence-electron chi connectivity index (χ0n) is 15.3. The molecule has 2 saturated heterocycles. The molecule has 0 aromatic heterocycles. The minimum Gasteiger partial charge on any atom is -0.508 e. The molecule has 4 heteroatoms. The van der Waals surface area contributed by atoms with Crippen LogP contribution < -0.4 is 4.90 Å². The van der Waals surface area contributed by atoms with Crippen LogP contribution in [-0.4, -0.2) is 34.5 Å². The second-order valence-electron chi connectivity index (χ2n) is 7.62. The van der Waals surface area contributed by atoms with E-state index in [1.54, 1.807) is 12.1 Å². The Morgan fingerprint density at radius 3 is 2.50 bits per heavy atom. The number of hydrogen-bond acceptors (Lipinski definition) is 3. The van der Waals surface area contributed by atoms with E-state index in [9.17, 15) is 9.90 Å². The Balaban J connectivity index is 1.61. The summed E-state index contributed by atoms with van der Waals surface area (Å²) in [6.07, 6.45) is 3.92. The minimum absolute atomic E-state index is 0.241. The maximum absolute atomic E-state index is 13.5. The van der Waals surface area contributed by atoms with E-state index in [4.69, 9.17) is 0 Å². The number of benzene rings is 2. The van der Waals surface area contributed by atoms with E-state index in [2.05, 4.69) is 36.1 Å². The molecular weight excluding hydrogens is 324 g/mol. The minimum atomic E-state index is -0.394. The number of phenols is 1. The summed E-state index contributed by atoms with van der Waals surface area (Å²) < 4.78 is 0. The van der Waals surface area contributed by atoms with Crippen LogP contribution in [0.3, 0.4) is 0 Å². The molecule has 1 amide bonds. The monoisotopic (exact) mass is 350 g/mol. The van der Waals surface area contributed by atoms with Crippen LogP contribution in [0.5, 0.6) is 5.75 Å². The van der Waals surface area contributed by atoms with Crippen LogP contribution in [0.25, 0.3) is 0 Å².